The van der Waals surface area contributed by atoms with Crippen molar-refractivity contribution in [3.8, 4) is 16.8 Å². The number of para-hydroxylation sites is 2. The van der Waals surface area contributed by atoms with Gasteiger partial charge in [0.05, 0.1) is 17.1 Å². The Bertz CT molecular complexity index is 3210. The fraction of sp³-hybridized carbons (Fsp3) is 0.133. The SMILES string of the molecule is CCC(C)c1ccccc1N1c2ccc(-c3ccc4c(c3)c3ccccc3n4-c3ccc(C4=C5C=CC=CC5C(c5ccccc5)c5ccccc54)cc3)cc2C2C=CC=CC21. The van der Waals surface area contributed by atoms with Crippen LogP contribution in [-0.2, 0) is 0 Å². The Morgan fingerprint density at radius 2 is 1.23 bits per heavy atom. The fourth-order valence-corrected chi connectivity index (χ4v) is 11.2. The first-order valence-electron chi connectivity index (χ1n) is 22.4. The average Bonchev–Trinajstić information content (AvgIpc) is 3.85. The lowest BCUT2D eigenvalue weighted by molar-refractivity contribution is 0.649. The van der Waals surface area contributed by atoms with Gasteiger partial charge in [-0.05, 0) is 117 Å². The van der Waals surface area contributed by atoms with E-state index in [0.717, 1.165) is 6.42 Å². The first-order valence-corrected chi connectivity index (χ1v) is 22.4. The molecule has 8 aromatic rings. The highest BCUT2D eigenvalue weighted by Gasteiger charge is 2.39. The number of rotatable bonds is 7. The molecule has 12 rings (SSSR count). The predicted molar refractivity (Wildman–Crippen MR) is 261 cm³/mol. The molecule has 1 aliphatic heterocycles. The highest BCUT2D eigenvalue weighted by atomic mass is 15.2. The van der Waals surface area contributed by atoms with Gasteiger partial charge in [-0.3, -0.25) is 0 Å². The molecular weight excluding hydrogens is 749 g/mol. The number of allylic oxidation sites excluding steroid dienone is 7. The largest absolute Gasteiger partial charge is 0.333 e. The Morgan fingerprint density at radius 1 is 0.532 bits per heavy atom. The van der Waals surface area contributed by atoms with Crippen LogP contribution in [0.15, 0.2) is 218 Å². The van der Waals surface area contributed by atoms with Crippen LogP contribution in [0.2, 0.25) is 0 Å². The molecule has 1 aromatic heterocycles. The van der Waals surface area contributed by atoms with Crippen molar-refractivity contribution in [1.29, 1.82) is 0 Å². The molecule has 0 N–H and O–H groups in total. The van der Waals surface area contributed by atoms with Gasteiger partial charge in [-0.1, -0.05) is 178 Å². The number of benzene rings is 7. The van der Waals surface area contributed by atoms with Crippen LogP contribution in [0.5, 0.6) is 0 Å². The van der Waals surface area contributed by atoms with Crippen LogP contribution >= 0.6 is 0 Å². The number of hydrogen-bond acceptors (Lipinski definition) is 1. The minimum Gasteiger partial charge on any atom is -0.333 e. The summed E-state index contributed by atoms with van der Waals surface area (Å²) in [5, 5.41) is 2.54. The zero-order valence-electron chi connectivity index (χ0n) is 35.2. The molecule has 0 bridgehead atoms. The molecule has 5 unspecified atom stereocenters. The van der Waals surface area contributed by atoms with Crippen molar-refractivity contribution >= 4 is 38.8 Å². The van der Waals surface area contributed by atoms with E-state index in [-0.39, 0.29) is 17.9 Å². The van der Waals surface area contributed by atoms with E-state index in [9.17, 15) is 0 Å². The van der Waals surface area contributed by atoms with E-state index >= 15 is 0 Å². The monoisotopic (exact) mass is 796 g/mol. The minimum absolute atomic E-state index is 0.260. The normalized spacial score (nSPS) is 20.1. The molecule has 0 amide bonds. The Kier molecular flexibility index (Phi) is 8.74. The van der Waals surface area contributed by atoms with Crippen LogP contribution in [-0.4, -0.2) is 10.6 Å². The lowest BCUT2D eigenvalue weighted by atomic mass is 9.66. The van der Waals surface area contributed by atoms with Crippen LogP contribution in [0.25, 0.3) is 44.2 Å². The topological polar surface area (TPSA) is 8.17 Å². The molecule has 298 valence electrons. The van der Waals surface area contributed by atoms with Gasteiger partial charge in [0, 0.05) is 45.6 Å². The van der Waals surface area contributed by atoms with Gasteiger partial charge in [0.1, 0.15) is 0 Å². The lowest BCUT2D eigenvalue weighted by Gasteiger charge is -2.36. The van der Waals surface area contributed by atoms with Crippen molar-refractivity contribution in [2.24, 2.45) is 5.92 Å². The molecule has 2 heteroatoms. The Labute approximate surface area is 364 Å². The standard InChI is InChI=1S/C60H48N2/c1-3-39(2)45-19-11-14-26-54(45)62-56-28-16-13-21-47(56)53-38-43(32-36-58(53)62)42-31-35-57-52(37-42)46-20-12-15-27-55(46)61(57)44-33-29-41(30-34-44)60-50-24-9-7-22-48(50)59(40-17-5-4-6-18-40)49-23-8-10-25-51(49)60/h4-39,47-48,56,59H,3H2,1-2H3. The summed E-state index contributed by atoms with van der Waals surface area (Å²) >= 11 is 0. The smallest absolute Gasteiger partial charge is 0.0629 e. The van der Waals surface area contributed by atoms with Crippen molar-refractivity contribution in [2.45, 2.75) is 44.1 Å². The van der Waals surface area contributed by atoms with Crippen molar-refractivity contribution in [2.75, 3.05) is 4.90 Å². The highest BCUT2D eigenvalue weighted by Crippen LogP contribution is 2.52. The van der Waals surface area contributed by atoms with Crippen molar-refractivity contribution in [3.05, 3.63) is 251 Å². The van der Waals surface area contributed by atoms with E-state index in [2.05, 4.69) is 236 Å². The molecule has 0 saturated carbocycles. The lowest BCUT2D eigenvalue weighted by Crippen LogP contribution is -2.29. The molecule has 0 spiro atoms. The van der Waals surface area contributed by atoms with E-state index in [1.807, 2.05) is 0 Å². The van der Waals surface area contributed by atoms with Gasteiger partial charge in [-0.2, -0.15) is 0 Å². The van der Waals surface area contributed by atoms with Gasteiger partial charge in [-0.15, -0.1) is 0 Å². The Balaban J connectivity index is 0.934. The Hall–Kier alpha value is -7.16. The summed E-state index contributed by atoms with van der Waals surface area (Å²) in [7, 11) is 0. The van der Waals surface area contributed by atoms with E-state index in [1.54, 1.807) is 0 Å². The van der Waals surface area contributed by atoms with Gasteiger partial charge < -0.3 is 9.47 Å². The van der Waals surface area contributed by atoms with Crippen LogP contribution in [0.4, 0.5) is 11.4 Å². The maximum absolute atomic E-state index is 2.60. The first-order chi connectivity index (χ1) is 30.7. The second-order valence-corrected chi connectivity index (χ2v) is 17.5. The molecule has 0 fully saturated rings. The molecule has 2 heterocycles. The number of fused-ring (bicyclic) bond motifs is 8. The number of aromatic nitrogens is 1. The summed E-state index contributed by atoms with van der Waals surface area (Å²) in [6.07, 6.45) is 19.5. The summed E-state index contributed by atoms with van der Waals surface area (Å²) in [5.41, 5.74) is 19.6. The van der Waals surface area contributed by atoms with Gasteiger partial charge in [0.25, 0.3) is 0 Å². The number of nitrogens with zero attached hydrogens (tertiary/aromatic N) is 2. The summed E-state index contributed by atoms with van der Waals surface area (Å²) in [6, 6.07) is 61.8. The van der Waals surface area contributed by atoms with Crippen molar-refractivity contribution in [3.63, 3.8) is 0 Å². The molecule has 3 aliphatic carbocycles. The van der Waals surface area contributed by atoms with Gasteiger partial charge in [0.15, 0.2) is 0 Å². The zero-order chi connectivity index (χ0) is 41.3. The maximum Gasteiger partial charge on any atom is 0.0629 e. The van der Waals surface area contributed by atoms with Crippen molar-refractivity contribution in [1.82, 2.24) is 4.57 Å². The van der Waals surface area contributed by atoms with Crippen LogP contribution in [0.1, 0.15) is 71.4 Å². The first kappa shape index (κ1) is 36.7. The van der Waals surface area contributed by atoms with Crippen LogP contribution < -0.4 is 4.90 Å². The van der Waals surface area contributed by atoms with Crippen LogP contribution in [0.3, 0.4) is 0 Å². The molecule has 5 atom stereocenters. The summed E-state index contributed by atoms with van der Waals surface area (Å²) in [4.78, 5) is 2.60. The third-order valence-electron chi connectivity index (χ3n) is 14.2. The second kappa shape index (κ2) is 14.8. The molecule has 0 saturated heterocycles. The Morgan fingerprint density at radius 3 is 2.11 bits per heavy atom. The van der Waals surface area contributed by atoms with Crippen molar-refractivity contribution < 1.29 is 0 Å². The van der Waals surface area contributed by atoms with Crippen LogP contribution in [0, 0.1) is 5.92 Å². The zero-order valence-corrected chi connectivity index (χ0v) is 35.2. The molecule has 4 aliphatic rings. The fourth-order valence-electron chi connectivity index (χ4n) is 11.2. The van der Waals surface area contributed by atoms with Gasteiger partial charge >= 0.3 is 0 Å². The minimum atomic E-state index is 0.260. The van der Waals surface area contributed by atoms with E-state index in [1.165, 1.54) is 94.5 Å². The molecule has 7 aromatic carbocycles. The van der Waals surface area contributed by atoms with Gasteiger partial charge in [-0.25, -0.2) is 0 Å². The quantitative estimate of drug-likeness (QED) is 0.156. The molecule has 62 heavy (non-hydrogen) atoms. The van der Waals surface area contributed by atoms with E-state index < -0.39 is 0 Å². The molecular formula is C60H48N2. The summed E-state index contributed by atoms with van der Waals surface area (Å²) in [5.74, 6) is 1.33. The molecule has 0 radical (unpaired) electrons. The van der Waals surface area contributed by atoms with Gasteiger partial charge in [0.2, 0.25) is 0 Å². The summed E-state index contributed by atoms with van der Waals surface area (Å²) in [6.45, 7) is 4.64. The molecule has 2 nitrogen and oxygen atoms in total. The predicted octanol–water partition coefficient (Wildman–Crippen LogP) is 15.4. The van der Waals surface area contributed by atoms with E-state index in [0.29, 0.717) is 11.8 Å². The average molecular weight is 797 g/mol. The second-order valence-electron chi connectivity index (χ2n) is 17.5. The maximum atomic E-state index is 2.60. The highest BCUT2D eigenvalue weighted by molar-refractivity contribution is 6.10. The third-order valence-corrected chi connectivity index (χ3v) is 14.2. The summed E-state index contributed by atoms with van der Waals surface area (Å²) < 4.78 is 2.45. The third kappa shape index (κ3) is 5.70. The number of hydrogen-bond donors (Lipinski definition) is 0. The van der Waals surface area contributed by atoms with E-state index in [4.69, 9.17) is 0 Å². The number of anilines is 2.